The number of hydrogen-bond donors (Lipinski definition) is 3. The zero-order valence-corrected chi connectivity index (χ0v) is 14.4. The third kappa shape index (κ3) is 4.11. The number of hydrogen-bond acceptors (Lipinski definition) is 4. The number of carbonyl (C=O) groups excluding carboxylic acids is 2. The molecule has 0 aliphatic rings. The summed E-state index contributed by atoms with van der Waals surface area (Å²) in [5, 5.41) is 5.32. The van der Waals surface area contributed by atoms with E-state index in [0.29, 0.717) is 5.95 Å². The lowest BCUT2D eigenvalue weighted by Crippen LogP contribution is -2.46. The van der Waals surface area contributed by atoms with Crippen molar-refractivity contribution in [3.63, 3.8) is 0 Å². The molecule has 1 aromatic heterocycles. The molecule has 0 saturated heterocycles. The molecule has 2 rings (SSSR count). The second kappa shape index (κ2) is 7.92. The number of para-hydroxylation sites is 2. The van der Waals surface area contributed by atoms with Crippen molar-refractivity contribution in [1.82, 2.24) is 14.9 Å². The maximum atomic E-state index is 12.1. The van der Waals surface area contributed by atoms with Crippen LogP contribution in [0.3, 0.4) is 0 Å². The summed E-state index contributed by atoms with van der Waals surface area (Å²) in [6.07, 6.45) is 0.920. The average molecular weight is 331 g/mol. The van der Waals surface area contributed by atoms with E-state index in [1.54, 1.807) is 0 Å². The zero-order valence-electron chi connectivity index (χ0n) is 14.4. The minimum absolute atomic E-state index is 0.0156. The van der Waals surface area contributed by atoms with E-state index < -0.39 is 6.04 Å². The molecular weight excluding hydrogens is 306 g/mol. The maximum Gasteiger partial charge on any atom is 0.246 e. The first-order valence-electron chi connectivity index (χ1n) is 8.22. The summed E-state index contributed by atoms with van der Waals surface area (Å²) in [5.41, 5.74) is 7.55. The molecule has 1 atom stereocenters. The van der Waals surface area contributed by atoms with Crippen LogP contribution >= 0.6 is 0 Å². The summed E-state index contributed by atoms with van der Waals surface area (Å²) < 4.78 is 1.97. The zero-order chi connectivity index (χ0) is 17.7. The number of benzene rings is 1. The first-order chi connectivity index (χ1) is 11.4. The van der Waals surface area contributed by atoms with Crippen LogP contribution in [-0.4, -0.2) is 34.0 Å². The number of amides is 2. The largest absolute Gasteiger partial charge is 0.346 e. The molecular formula is C17H25N5O2. The molecule has 7 nitrogen and oxygen atoms in total. The van der Waals surface area contributed by atoms with Crippen molar-refractivity contribution in [3.05, 3.63) is 24.3 Å². The number of nitrogens with two attached hydrogens (primary N) is 1. The standard InChI is InChI=1S/C17H25N5O2/c1-4-9-22-13-8-6-5-7-12(13)20-17(22)21-14(23)10-19-16(24)15(18)11(2)3/h5-8,11,15H,4,9-10,18H2,1-3H3,(H,19,24)(H,20,21,23)/t15-/m0/s1. The lowest BCUT2D eigenvalue weighted by molar-refractivity contribution is -0.125. The summed E-state index contributed by atoms with van der Waals surface area (Å²) >= 11 is 0. The molecule has 0 aliphatic heterocycles. The summed E-state index contributed by atoms with van der Waals surface area (Å²) in [4.78, 5) is 28.4. The maximum absolute atomic E-state index is 12.1. The number of rotatable bonds is 7. The lowest BCUT2D eigenvalue weighted by atomic mass is 10.1. The fourth-order valence-electron chi connectivity index (χ4n) is 2.38. The fraction of sp³-hybridized carbons (Fsp3) is 0.471. The van der Waals surface area contributed by atoms with Gasteiger partial charge in [-0.25, -0.2) is 4.98 Å². The van der Waals surface area contributed by atoms with Gasteiger partial charge in [0.25, 0.3) is 0 Å². The van der Waals surface area contributed by atoms with Gasteiger partial charge in [-0.3, -0.25) is 14.9 Å². The van der Waals surface area contributed by atoms with Crippen LogP contribution < -0.4 is 16.4 Å². The Morgan fingerprint density at radius 1 is 1.29 bits per heavy atom. The minimum atomic E-state index is -0.623. The molecule has 24 heavy (non-hydrogen) atoms. The van der Waals surface area contributed by atoms with Gasteiger partial charge in [-0.15, -0.1) is 0 Å². The molecule has 130 valence electrons. The highest BCUT2D eigenvalue weighted by Gasteiger charge is 2.18. The van der Waals surface area contributed by atoms with Crippen LogP contribution in [0.5, 0.6) is 0 Å². The Morgan fingerprint density at radius 3 is 2.67 bits per heavy atom. The number of aryl methyl sites for hydroxylation is 1. The monoisotopic (exact) mass is 331 g/mol. The second-order valence-corrected chi connectivity index (χ2v) is 6.11. The molecule has 4 N–H and O–H groups in total. The SMILES string of the molecule is CCCn1c(NC(=O)CNC(=O)[C@@H](N)C(C)C)nc2ccccc21. The van der Waals surface area contributed by atoms with E-state index in [4.69, 9.17) is 5.73 Å². The van der Waals surface area contributed by atoms with Crippen LogP contribution in [0, 0.1) is 5.92 Å². The van der Waals surface area contributed by atoms with Gasteiger partial charge in [-0.05, 0) is 24.5 Å². The Labute approximate surface area is 141 Å². The number of anilines is 1. The quantitative estimate of drug-likeness (QED) is 0.715. The van der Waals surface area contributed by atoms with Gasteiger partial charge in [0.1, 0.15) is 0 Å². The van der Waals surface area contributed by atoms with Crippen LogP contribution in [0.4, 0.5) is 5.95 Å². The number of aromatic nitrogens is 2. The topological polar surface area (TPSA) is 102 Å². The average Bonchev–Trinajstić information content (AvgIpc) is 2.89. The minimum Gasteiger partial charge on any atom is -0.346 e. The smallest absolute Gasteiger partial charge is 0.246 e. The van der Waals surface area contributed by atoms with E-state index >= 15 is 0 Å². The predicted molar refractivity (Wildman–Crippen MR) is 94.5 cm³/mol. The summed E-state index contributed by atoms with van der Waals surface area (Å²) in [7, 11) is 0. The van der Waals surface area contributed by atoms with E-state index in [1.807, 2.05) is 42.7 Å². The van der Waals surface area contributed by atoms with Crippen LogP contribution in [0.25, 0.3) is 11.0 Å². The van der Waals surface area contributed by atoms with E-state index in [2.05, 4.69) is 22.5 Å². The Morgan fingerprint density at radius 2 is 2.00 bits per heavy atom. The van der Waals surface area contributed by atoms with Crippen LogP contribution in [0.2, 0.25) is 0 Å². The molecule has 0 aliphatic carbocycles. The van der Waals surface area contributed by atoms with Gasteiger partial charge in [0.2, 0.25) is 17.8 Å². The molecule has 1 heterocycles. The number of nitrogens with one attached hydrogen (secondary N) is 2. The molecule has 0 bridgehead atoms. The van der Waals surface area contributed by atoms with Crippen LogP contribution in [0.15, 0.2) is 24.3 Å². The lowest BCUT2D eigenvalue weighted by Gasteiger charge is -2.15. The van der Waals surface area contributed by atoms with Gasteiger partial charge >= 0.3 is 0 Å². The third-order valence-corrected chi connectivity index (χ3v) is 3.80. The van der Waals surface area contributed by atoms with Crippen LogP contribution in [0.1, 0.15) is 27.2 Å². The summed E-state index contributed by atoms with van der Waals surface area (Å²) in [6, 6.07) is 7.10. The third-order valence-electron chi connectivity index (χ3n) is 3.80. The second-order valence-electron chi connectivity index (χ2n) is 6.11. The number of nitrogens with zero attached hydrogens (tertiary/aromatic N) is 2. The van der Waals surface area contributed by atoms with Gasteiger partial charge in [-0.1, -0.05) is 32.9 Å². The molecule has 2 aromatic rings. The molecule has 7 heteroatoms. The van der Waals surface area contributed by atoms with E-state index in [9.17, 15) is 9.59 Å². The summed E-state index contributed by atoms with van der Waals surface area (Å²) in [6.45, 7) is 6.40. The van der Waals surface area contributed by atoms with Gasteiger partial charge in [0, 0.05) is 6.54 Å². The van der Waals surface area contributed by atoms with Crippen molar-refractivity contribution < 1.29 is 9.59 Å². The van der Waals surface area contributed by atoms with Crippen LogP contribution in [-0.2, 0) is 16.1 Å². The van der Waals surface area contributed by atoms with Crippen molar-refractivity contribution in [2.24, 2.45) is 11.7 Å². The van der Waals surface area contributed by atoms with E-state index in [1.165, 1.54) is 0 Å². The highest BCUT2D eigenvalue weighted by atomic mass is 16.2. The molecule has 0 fully saturated rings. The fourth-order valence-corrected chi connectivity index (χ4v) is 2.38. The molecule has 2 amide bonds. The Kier molecular flexibility index (Phi) is 5.92. The molecule has 1 aromatic carbocycles. The van der Waals surface area contributed by atoms with Gasteiger partial charge in [0.05, 0.1) is 23.6 Å². The van der Waals surface area contributed by atoms with Crippen molar-refractivity contribution in [2.75, 3.05) is 11.9 Å². The molecule has 0 saturated carbocycles. The van der Waals surface area contributed by atoms with Gasteiger partial charge in [0.15, 0.2) is 0 Å². The van der Waals surface area contributed by atoms with Gasteiger partial charge < -0.3 is 15.6 Å². The molecule has 0 spiro atoms. The van der Waals surface area contributed by atoms with Crippen molar-refractivity contribution in [2.45, 2.75) is 39.8 Å². The predicted octanol–water partition coefficient (Wildman–Crippen LogP) is 1.48. The highest BCUT2D eigenvalue weighted by Crippen LogP contribution is 2.19. The number of imidazole rings is 1. The normalized spacial score (nSPS) is 12.4. The highest BCUT2D eigenvalue weighted by molar-refractivity contribution is 5.95. The molecule has 0 radical (unpaired) electrons. The Bertz CT molecular complexity index is 723. The first kappa shape index (κ1) is 17.9. The molecule has 0 unspecified atom stereocenters. The first-order valence-corrected chi connectivity index (χ1v) is 8.22. The van der Waals surface area contributed by atoms with Gasteiger partial charge in [-0.2, -0.15) is 0 Å². The number of fused-ring (bicyclic) bond motifs is 1. The summed E-state index contributed by atoms with van der Waals surface area (Å²) in [5.74, 6) is -0.151. The van der Waals surface area contributed by atoms with Crippen molar-refractivity contribution in [1.29, 1.82) is 0 Å². The van der Waals surface area contributed by atoms with Crippen molar-refractivity contribution in [3.8, 4) is 0 Å². The Hall–Kier alpha value is -2.41. The van der Waals surface area contributed by atoms with E-state index in [0.717, 1.165) is 24.0 Å². The van der Waals surface area contributed by atoms with E-state index in [-0.39, 0.29) is 24.3 Å². The van der Waals surface area contributed by atoms with Crippen molar-refractivity contribution >= 4 is 28.8 Å². The number of carbonyl (C=O) groups is 2. The Balaban J connectivity index is 2.05.